The highest BCUT2D eigenvalue weighted by molar-refractivity contribution is 7.13. The van der Waals surface area contributed by atoms with Crippen LogP contribution in [0.5, 0.6) is 0 Å². The number of piperazine rings is 1. The van der Waals surface area contributed by atoms with Crippen molar-refractivity contribution in [3.8, 4) is 10.6 Å². The van der Waals surface area contributed by atoms with Crippen LogP contribution < -0.4 is 5.56 Å². The SMILES string of the molecule is O=C(Cn1nc(-c2cccs2)ccc1=O)N1CCN(CC=Cc2ccccc2)CC1. The van der Waals surface area contributed by atoms with Gasteiger partial charge in [-0.25, -0.2) is 4.68 Å². The maximum atomic E-state index is 12.7. The maximum Gasteiger partial charge on any atom is 0.267 e. The number of nitrogens with zero attached hydrogens (tertiary/aromatic N) is 4. The van der Waals surface area contributed by atoms with Crippen LogP contribution in [-0.4, -0.2) is 58.2 Å². The lowest BCUT2D eigenvalue weighted by molar-refractivity contribution is -0.133. The molecule has 0 unspecified atom stereocenters. The average molecular weight is 421 g/mol. The van der Waals surface area contributed by atoms with E-state index in [-0.39, 0.29) is 18.0 Å². The van der Waals surface area contributed by atoms with Crippen molar-refractivity contribution in [2.24, 2.45) is 0 Å². The average Bonchev–Trinajstić information content (AvgIpc) is 3.31. The fraction of sp³-hybridized carbons (Fsp3) is 0.261. The van der Waals surface area contributed by atoms with Crippen LogP contribution in [0.1, 0.15) is 5.56 Å². The van der Waals surface area contributed by atoms with Gasteiger partial charge in [0.25, 0.3) is 5.56 Å². The molecule has 2 aromatic heterocycles. The van der Waals surface area contributed by atoms with Crippen LogP contribution >= 0.6 is 11.3 Å². The number of carbonyl (C=O) groups excluding carboxylic acids is 1. The summed E-state index contributed by atoms with van der Waals surface area (Å²) in [5.41, 5.74) is 1.65. The van der Waals surface area contributed by atoms with Gasteiger partial charge in [-0.2, -0.15) is 5.10 Å². The molecule has 1 amide bonds. The van der Waals surface area contributed by atoms with Gasteiger partial charge in [-0.15, -0.1) is 11.3 Å². The largest absolute Gasteiger partial charge is 0.339 e. The minimum atomic E-state index is -0.256. The fourth-order valence-corrected chi connectivity index (χ4v) is 4.12. The monoisotopic (exact) mass is 420 g/mol. The molecule has 0 spiro atoms. The van der Waals surface area contributed by atoms with E-state index < -0.39 is 0 Å². The van der Waals surface area contributed by atoms with Crippen molar-refractivity contribution in [2.45, 2.75) is 6.54 Å². The molecular weight excluding hydrogens is 396 g/mol. The van der Waals surface area contributed by atoms with Gasteiger partial charge in [0.1, 0.15) is 12.2 Å². The van der Waals surface area contributed by atoms with Crippen LogP contribution in [0.3, 0.4) is 0 Å². The molecular formula is C23H24N4O2S. The van der Waals surface area contributed by atoms with Gasteiger partial charge < -0.3 is 4.90 Å². The van der Waals surface area contributed by atoms with Gasteiger partial charge in [-0.05, 0) is 23.1 Å². The second-order valence-electron chi connectivity index (χ2n) is 7.19. The van der Waals surface area contributed by atoms with E-state index in [1.807, 2.05) is 40.6 Å². The molecule has 1 aliphatic heterocycles. The van der Waals surface area contributed by atoms with Gasteiger partial charge in [0.2, 0.25) is 5.91 Å². The van der Waals surface area contributed by atoms with E-state index in [0.717, 1.165) is 24.5 Å². The Hall–Kier alpha value is -3.03. The zero-order valence-electron chi connectivity index (χ0n) is 16.7. The lowest BCUT2D eigenvalue weighted by atomic mass is 10.2. The highest BCUT2D eigenvalue weighted by Gasteiger charge is 2.21. The smallest absolute Gasteiger partial charge is 0.267 e. The van der Waals surface area contributed by atoms with E-state index in [9.17, 15) is 9.59 Å². The quantitative estimate of drug-likeness (QED) is 0.615. The molecule has 154 valence electrons. The molecule has 3 aromatic rings. The summed E-state index contributed by atoms with van der Waals surface area (Å²) in [4.78, 5) is 30.0. The highest BCUT2D eigenvalue weighted by atomic mass is 32.1. The van der Waals surface area contributed by atoms with Crippen LogP contribution in [0.2, 0.25) is 0 Å². The number of rotatable bonds is 6. The Morgan fingerprint density at radius 3 is 2.53 bits per heavy atom. The molecule has 30 heavy (non-hydrogen) atoms. The third-order valence-corrected chi connectivity index (χ3v) is 6.02. The number of aromatic nitrogens is 2. The number of carbonyl (C=O) groups is 1. The normalized spacial score (nSPS) is 15.0. The summed E-state index contributed by atoms with van der Waals surface area (Å²) >= 11 is 1.56. The zero-order chi connectivity index (χ0) is 20.8. The molecule has 0 bridgehead atoms. The van der Waals surface area contributed by atoms with Gasteiger partial charge >= 0.3 is 0 Å². The first kappa shape index (κ1) is 20.3. The van der Waals surface area contributed by atoms with Crippen LogP contribution in [0.25, 0.3) is 16.6 Å². The lowest BCUT2D eigenvalue weighted by Gasteiger charge is -2.34. The molecule has 0 saturated carbocycles. The first-order valence-electron chi connectivity index (χ1n) is 10.0. The van der Waals surface area contributed by atoms with E-state index >= 15 is 0 Å². The lowest BCUT2D eigenvalue weighted by Crippen LogP contribution is -2.50. The van der Waals surface area contributed by atoms with Crippen LogP contribution in [0.4, 0.5) is 0 Å². The van der Waals surface area contributed by atoms with Crippen LogP contribution in [-0.2, 0) is 11.3 Å². The minimum Gasteiger partial charge on any atom is -0.339 e. The Bertz CT molecular complexity index is 1050. The maximum absolute atomic E-state index is 12.7. The fourth-order valence-electron chi connectivity index (χ4n) is 3.43. The van der Waals surface area contributed by atoms with Crippen molar-refractivity contribution in [2.75, 3.05) is 32.7 Å². The molecule has 0 radical (unpaired) electrons. The number of hydrogen-bond acceptors (Lipinski definition) is 5. The van der Waals surface area contributed by atoms with E-state index in [1.54, 1.807) is 17.4 Å². The van der Waals surface area contributed by atoms with E-state index in [0.29, 0.717) is 18.8 Å². The standard InChI is InChI=1S/C23H24N4O2S/c28-22-11-10-20(21-9-5-17-30-21)24-27(22)18-23(29)26-15-13-25(14-16-26)12-4-8-19-6-2-1-3-7-19/h1-11,17H,12-16,18H2. The van der Waals surface area contributed by atoms with Gasteiger partial charge in [0.15, 0.2) is 0 Å². The summed E-state index contributed by atoms with van der Waals surface area (Å²) in [6.45, 7) is 3.81. The molecule has 3 heterocycles. The zero-order valence-corrected chi connectivity index (χ0v) is 17.5. The van der Waals surface area contributed by atoms with Gasteiger partial charge in [-0.1, -0.05) is 48.6 Å². The van der Waals surface area contributed by atoms with E-state index in [2.05, 4.69) is 34.3 Å². The molecule has 1 aromatic carbocycles. The Labute approximate surface area is 179 Å². The molecule has 7 heteroatoms. The second-order valence-corrected chi connectivity index (χ2v) is 8.13. The minimum absolute atomic E-state index is 0.0219. The predicted octanol–water partition coefficient (Wildman–Crippen LogP) is 2.83. The topological polar surface area (TPSA) is 58.4 Å². The van der Waals surface area contributed by atoms with Crippen molar-refractivity contribution in [3.63, 3.8) is 0 Å². The highest BCUT2D eigenvalue weighted by Crippen LogP contribution is 2.21. The molecule has 1 saturated heterocycles. The molecule has 0 aliphatic carbocycles. The summed E-state index contributed by atoms with van der Waals surface area (Å²) in [6, 6.07) is 17.3. The number of benzene rings is 1. The Morgan fingerprint density at radius 1 is 1.00 bits per heavy atom. The van der Waals surface area contributed by atoms with Gasteiger partial charge in [0.05, 0.1) is 4.88 Å². The second kappa shape index (κ2) is 9.65. The van der Waals surface area contributed by atoms with Crippen molar-refractivity contribution in [1.82, 2.24) is 19.6 Å². The first-order chi connectivity index (χ1) is 14.7. The third kappa shape index (κ3) is 5.11. The summed E-state index contributed by atoms with van der Waals surface area (Å²) in [6.07, 6.45) is 4.28. The van der Waals surface area contributed by atoms with Crippen LogP contribution in [0, 0.1) is 0 Å². The molecule has 6 nitrogen and oxygen atoms in total. The number of amides is 1. The van der Waals surface area contributed by atoms with E-state index in [4.69, 9.17) is 0 Å². The Kier molecular flexibility index (Phi) is 6.51. The molecule has 1 aliphatic rings. The molecule has 0 atom stereocenters. The molecule has 1 fully saturated rings. The van der Waals surface area contributed by atoms with Crippen molar-refractivity contribution >= 4 is 23.3 Å². The number of thiophene rings is 1. The molecule has 0 N–H and O–H groups in total. The van der Waals surface area contributed by atoms with Gasteiger partial charge in [-0.3, -0.25) is 14.5 Å². The predicted molar refractivity (Wildman–Crippen MR) is 120 cm³/mol. The third-order valence-electron chi connectivity index (χ3n) is 5.12. The first-order valence-corrected chi connectivity index (χ1v) is 10.9. The Balaban J connectivity index is 1.30. The van der Waals surface area contributed by atoms with Crippen molar-refractivity contribution in [3.05, 3.63) is 82.0 Å². The molecule has 4 rings (SSSR count). The van der Waals surface area contributed by atoms with Crippen molar-refractivity contribution in [1.29, 1.82) is 0 Å². The number of hydrogen-bond donors (Lipinski definition) is 0. The Morgan fingerprint density at radius 2 is 1.80 bits per heavy atom. The van der Waals surface area contributed by atoms with E-state index in [1.165, 1.54) is 16.3 Å². The van der Waals surface area contributed by atoms with Crippen molar-refractivity contribution < 1.29 is 4.79 Å². The van der Waals surface area contributed by atoms with Crippen LogP contribution in [0.15, 0.2) is 70.8 Å². The summed E-state index contributed by atoms with van der Waals surface area (Å²) in [5, 5.41) is 6.35. The summed E-state index contributed by atoms with van der Waals surface area (Å²) in [5.74, 6) is -0.0626. The van der Waals surface area contributed by atoms with Gasteiger partial charge in [0, 0.05) is 38.8 Å². The summed E-state index contributed by atoms with van der Waals surface area (Å²) in [7, 11) is 0. The summed E-state index contributed by atoms with van der Waals surface area (Å²) < 4.78 is 1.27.